The van der Waals surface area contributed by atoms with E-state index in [1.54, 1.807) is 0 Å². The molecule has 2 N–H and O–H groups in total. The summed E-state index contributed by atoms with van der Waals surface area (Å²) >= 11 is 0. The molecule has 84 valence electrons. The number of carbonyl (C=O) groups is 2. The lowest BCUT2D eigenvalue weighted by molar-refractivity contribution is -0.138. The smallest absolute Gasteiger partial charge is 0.303 e. The highest BCUT2D eigenvalue weighted by atomic mass is 16.5. The molecule has 1 aliphatic heterocycles. The zero-order chi connectivity index (χ0) is 11.5. The van der Waals surface area contributed by atoms with E-state index in [0.29, 0.717) is 0 Å². The summed E-state index contributed by atoms with van der Waals surface area (Å²) in [6.45, 7) is 0. The van der Waals surface area contributed by atoms with Crippen LogP contribution in [-0.4, -0.2) is 22.2 Å². The van der Waals surface area contributed by atoms with Crippen LogP contribution < -0.4 is 0 Å². The Morgan fingerprint density at radius 1 is 0.867 bits per heavy atom. The molecule has 0 unspecified atom stereocenters. The fraction of sp³-hybridized carbons (Fsp3) is 0.333. The van der Waals surface area contributed by atoms with E-state index in [2.05, 4.69) is 9.47 Å². The first kappa shape index (κ1) is 13.0. The first-order valence-corrected chi connectivity index (χ1v) is 4.17. The Bertz CT molecular complexity index is 221. The van der Waals surface area contributed by atoms with E-state index in [4.69, 9.17) is 10.2 Å². The van der Waals surface area contributed by atoms with Gasteiger partial charge in [0.05, 0.1) is 0 Å². The molecule has 15 heavy (non-hydrogen) atoms. The summed E-state index contributed by atoms with van der Waals surface area (Å²) < 4.78 is 9.17. The maximum absolute atomic E-state index is 9.79. The van der Waals surface area contributed by atoms with Crippen molar-refractivity contribution in [3.8, 4) is 0 Å². The average molecular weight is 216 g/mol. The minimum Gasteiger partial charge on any atom is -0.481 e. The highest BCUT2D eigenvalue weighted by Gasteiger charge is 1.99. The van der Waals surface area contributed by atoms with Crippen molar-refractivity contribution in [3.05, 3.63) is 25.0 Å². The van der Waals surface area contributed by atoms with Crippen LogP contribution in [0.15, 0.2) is 25.0 Å². The number of hydrogen-bond donors (Lipinski definition) is 2. The van der Waals surface area contributed by atoms with Gasteiger partial charge in [-0.1, -0.05) is 0 Å². The van der Waals surface area contributed by atoms with E-state index >= 15 is 0 Å². The second-order valence-corrected chi connectivity index (χ2v) is 2.46. The molecule has 0 atom stereocenters. The summed E-state index contributed by atoms with van der Waals surface area (Å²) in [5.41, 5.74) is 0. The van der Waals surface area contributed by atoms with E-state index in [1.807, 2.05) is 0 Å². The number of ether oxygens (including phenoxy) is 2. The van der Waals surface area contributed by atoms with Gasteiger partial charge < -0.3 is 19.7 Å². The van der Waals surface area contributed by atoms with Crippen molar-refractivity contribution in [3.63, 3.8) is 0 Å². The lowest BCUT2D eigenvalue weighted by atomic mass is 10.2. The van der Waals surface area contributed by atoms with Crippen LogP contribution in [0.1, 0.15) is 19.3 Å². The molecule has 1 heterocycles. The van der Waals surface area contributed by atoms with Crippen LogP contribution in [0.4, 0.5) is 0 Å². The first-order valence-electron chi connectivity index (χ1n) is 4.17. The molecule has 1 aliphatic rings. The molecule has 6 heteroatoms. The molecule has 0 fully saturated rings. The van der Waals surface area contributed by atoms with Crippen molar-refractivity contribution in [2.24, 2.45) is 0 Å². The van der Waals surface area contributed by atoms with Crippen molar-refractivity contribution >= 4 is 11.9 Å². The lowest BCUT2D eigenvalue weighted by Crippen LogP contribution is -1.98. The fourth-order valence-corrected chi connectivity index (χ4v) is 0.610. The predicted molar refractivity (Wildman–Crippen MR) is 49.6 cm³/mol. The maximum Gasteiger partial charge on any atom is 0.303 e. The number of aliphatic carboxylic acids is 2. The quantitative estimate of drug-likeness (QED) is 0.735. The Morgan fingerprint density at radius 2 is 1.20 bits per heavy atom. The fourth-order valence-electron chi connectivity index (χ4n) is 0.610. The lowest BCUT2D eigenvalue weighted by Gasteiger charge is -1.94. The summed E-state index contributed by atoms with van der Waals surface area (Å²) in [6.07, 6.45) is 5.92. The highest BCUT2D eigenvalue weighted by Crippen LogP contribution is 1.93. The normalized spacial score (nSPS) is 11.7. The molecule has 0 saturated heterocycles. The Morgan fingerprint density at radius 3 is 1.40 bits per heavy atom. The summed E-state index contributed by atoms with van der Waals surface area (Å²) in [5, 5.41) is 16.1. The van der Waals surface area contributed by atoms with Gasteiger partial charge in [0.15, 0.2) is 0 Å². The van der Waals surface area contributed by atoms with Gasteiger partial charge in [0.2, 0.25) is 0 Å². The van der Waals surface area contributed by atoms with Gasteiger partial charge in [0.1, 0.15) is 25.0 Å². The van der Waals surface area contributed by atoms with Crippen LogP contribution in [0.5, 0.6) is 0 Å². The molecule has 0 aromatic rings. The number of carboxylic acids is 2. The largest absolute Gasteiger partial charge is 0.481 e. The van der Waals surface area contributed by atoms with Crippen molar-refractivity contribution in [1.29, 1.82) is 0 Å². The number of rotatable bonds is 4. The molecule has 1 rings (SSSR count). The Kier molecular flexibility index (Phi) is 7.47. The van der Waals surface area contributed by atoms with E-state index in [-0.39, 0.29) is 19.3 Å². The van der Waals surface area contributed by atoms with Gasteiger partial charge in [-0.3, -0.25) is 9.59 Å². The van der Waals surface area contributed by atoms with Crippen LogP contribution >= 0.6 is 0 Å². The van der Waals surface area contributed by atoms with Gasteiger partial charge in [-0.25, -0.2) is 0 Å². The zero-order valence-electron chi connectivity index (χ0n) is 7.96. The van der Waals surface area contributed by atoms with Crippen LogP contribution in [0.2, 0.25) is 0 Å². The van der Waals surface area contributed by atoms with Gasteiger partial charge in [-0.15, -0.1) is 0 Å². The first-order chi connectivity index (χ1) is 7.13. The Hall–Kier alpha value is -1.98. The topological polar surface area (TPSA) is 93.1 Å². The minimum atomic E-state index is -0.948. The van der Waals surface area contributed by atoms with Gasteiger partial charge in [-0.05, 0) is 6.42 Å². The predicted octanol–water partition coefficient (Wildman–Crippen LogP) is 1.30. The average Bonchev–Trinajstić information content (AvgIpc) is 2.20. The van der Waals surface area contributed by atoms with E-state index in [1.165, 1.54) is 25.0 Å². The molecule has 0 amide bonds. The number of carboxylic acid groups (broad SMARTS) is 2. The van der Waals surface area contributed by atoms with Gasteiger partial charge >= 0.3 is 11.9 Å². The zero-order valence-corrected chi connectivity index (χ0v) is 7.96. The molecule has 0 aromatic carbocycles. The van der Waals surface area contributed by atoms with Gasteiger partial charge in [0.25, 0.3) is 0 Å². The van der Waals surface area contributed by atoms with Crippen LogP contribution in [-0.2, 0) is 19.1 Å². The van der Waals surface area contributed by atoms with E-state index in [9.17, 15) is 9.59 Å². The maximum atomic E-state index is 9.79. The molecule has 6 nitrogen and oxygen atoms in total. The summed E-state index contributed by atoms with van der Waals surface area (Å²) in [4.78, 5) is 19.6. The molecule has 0 radical (unpaired) electrons. The minimum absolute atomic E-state index is 0.0632. The number of hydrogen-bond acceptors (Lipinski definition) is 4. The molecular weight excluding hydrogens is 204 g/mol. The monoisotopic (exact) mass is 216 g/mol. The summed E-state index contributed by atoms with van der Waals surface area (Å²) in [7, 11) is 0. The second kappa shape index (κ2) is 8.61. The van der Waals surface area contributed by atoms with Gasteiger partial charge in [0, 0.05) is 12.8 Å². The van der Waals surface area contributed by atoms with Gasteiger partial charge in [-0.2, -0.15) is 0 Å². The molecule has 0 aliphatic carbocycles. The van der Waals surface area contributed by atoms with E-state index < -0.39 is 11.9 Å². The van der Waals surface area contributed by atoms with Crippen molar-refractivity contribution in [2.45, 2.75) is 19.3 Å². The second-order valence-electron chi connectivity index (χ2n) is 2.46. The molecule has 0 spiro atoms. The van der Waals surface area contributed by atoms with Crippen LogP contribution in [0.3, 0.4) is 0 Å². The third-order valence-corrected chi connectivity index (χ3v) is 1.21. The van der Waals surface area contributed by atoms with Crippen LogP contribution in [0.25, 0.3) is 0 Å². The molecule has 0 saturated carbocycles. The Labute approximate surface area is 86.4 Å². The molecule has 0 bridgehead atoms. The van der Waals surface area contributed by atoms with Crippen molar-refractivity contribution < 1.29 is 29.3 Å². The summed E-state index contributed by atoms with van der Waals surface area (Å²) in [5.74, 6) is -1.90. The molecular formula is C9H12O6. The summed E-state index contributed by atoms with van der Waals surface area (Å²) in [6, 6.07) is 0. The van der Waals surface area contributed by atoms with Crippen LogP contribution in [0, 0.1) is 0 Å². The molecule has 0 aromatic heterocycles. The van der Waals surface area contributed by atoms with E-state index in [0.717, 1.165) is 0 Å². The third-order valence-electron chi connectivity index (χ3n) is 1.21. The van der Waals surface area contributed by atoms with Crippen molar-refractivity contribution in [2.75, 3.05) is 0 Å². The Balaban J connectivity index is 0.000000280. The SMILES string of the molecule is C1=COC=CO1.O=C(O)CCCC(=O)O. The van der Waals surface area contributed by atoms with Crippen molar-refractivity contribution in [1.82, 2.24) is 0 Å². The highest BCUT2D eigenvalue weighted by molar-refractivity contribution is 5.69. The third kappa shape index (κ3) is 12.0. The standard InChI is InChI=1S/C5H8O4.C4H4O2/c6-4(7)2-1-3-5(8)9;1-2-6-4-3-5-1/h1-3H2,(H,6,7)(H,8,9);1-4H.